The fourth-order valence-electron chi connectivity index (χ4n) is 8.00. The van der Waals surface area contributed by atoms with Crippen molar-refractivity contribution in [3.8, 4) is 28.7 Å². The number of benzene rings is 8. The van der Waals surface area contributed by atoms with Crippen LogP contribution in [0.25, 0.3) is 43.1 Å². The summed E-state index contributed by atoms with van der Waals surface area (Å²) in [4.78, 5) is 0. The first kappa shape index (κ1) is 64.4. The molecule has 8 rings (SSSR count). The maximum absolute atomic E-state index is 14.3. The van der Waals surface area contributed by atoms with Crippen LogP contribution in [-0.4, -0.2) is 68.6 Å². The minimum atomic E-state index is -1.27. The molecular formula is C61H60F12O8. The molecule has 81 heavy (non-hydrogen) atoms. The molecule has 0 radical (unpaired) electrons. The Bertz CT molecular complexity index is 3480. The maximum atomic E-state index is 14.3. The Morgan fingerprint density at radius 1 is 0.383 bits per heavy atom. The van der Waals surface area contributed by atoms with E-state index in [9.17, 15) is 52.7 Å². The van der Waals surface area contributed by atoms with Crippen LogP contribution in [0.1, 0.15) is 50.8 Å². The van der Waals surface area contributed by atoms with Gasteiger partial charge in [-0.25, -0.2) is 48.3 Å². The molecule has 0 spiro atoms. The summed E-state index contributed by atoms with van der Waals surface area (Å²) in [6, 6.07) is 17.1. The van der Waals surface area contributed by atoms with Crippen LogP contribution in [0.4, 0.5) is 52.7 Å². The van der Waals surface area contributed by atoms with Crippen LogP contribution in [0.15, 0.2) is 85.1 Å². The molecule has 8 nitrogen and oxygen atoms in total. The third kappa shape index (κ3) is 15.3. The number of methoxy groups -OCH3 is 5. The van der Waals surface area contributed by atoms with Gasteiger partial charge in [0, 0.05) is 21.3 Å². The van der Waals surface area contributed by atoms with Crippen molar-refractivity contribution in [3.63, 3.8) is 0 Å². The van der Waals surface area contributed by atoms with E-state index in [1.165, 1.54) is 115 Å². The molecular weight excluding hydrogens is 1090 g/mol. The third-order valence-corrected chi connectivity index (χ3v) is 12.1. The Balaban J connectivity index is 0.000000198. The van der Waals surface area contributed by atoms with Crippen molar-refractivity contribution < 1.29 is 90.6 Å². The molecule has 8 aromatic carbocycles. The summed E-state index contributed by atoms with van der Waals surface area (Å²) in [5, 5.41) is -0.495. The van der Waals surface area contributed by atoms with Crippen LogP contribution in [0.3, 0.4) is 0 Å². The molecule has 0 amide bonds. The lowest BCUT2D eigenvalue weighted by molar-refractivity contribution is 0.201. The van der Waals surface area contributed by atoms with E-state index in [0.29, 0.717) is 30.4 Å². The fourth-order valence-corrected chi connectivity index (χ4v) is 8.00. The molecule has 0 bridgehead atoms. The van der Waals surface area contributed by atoms with E-state index in [2.05, 4.69) is 0 Å². The van der Waals surface area contributed by atoms with E-state index >= 15 is 0 Å². The van der Waals surface area contributed by atoms with Crippen molar-refractivity contribution >= 4 is 43.1 Å². The number of fused-ring (bicyclic) bond motifs is 4. The summed E-state index contributed by atoms with van der Waals surface area (Å²) in [6.45, 7) is 8.78. The summed E-state index contributed by atoms with van der Waals surface area (Å²) in [7, 11) is 6.91. The van der Waals surface area contributed by atoms with Gasteiger partial charge in [0.1, 0.15) is 0 Å². The smallest absolute Gasteiger partial charge is 0.201 e. The topological polar surface area (TPSA) is 73.8 Å². The van der Waals surface area contributed by atoms with E-state index < -0.39 is 86.0 Å². The standard InChI is InChI=1S/C16H17F3O2.C16H15F3O2.C15H15F3O2.C14H13F3O2/c2*1-3-7-21-12-5-4-10-9-11(6-8-20-2)14(17)16(19)13(10)15(12)18;1-8(2)7-20-10-5-4-9-6-11(19-3)14(17)15(18)12(9)13(10)16;1-18-6-5-9-7-8-3-4-10(19-2)13(16)11(8)14(17)12(9)15/h4-5,9H,3,6-8H2,1-2H3;3-5,7,9H,6,8H2,1-2H3;4-6,8H,7H2,1-3H3;3-4,7H,5-6H2,1-2H3/b;7-3+;;. The van der Waals surface area contributed by atoms with Crippen molar-refractivity contribution in [2.75, 3.05) is 68.6 Å². The highest BCUT2D eigenvalue weighted by molar-refractivity contribution is 5.89. The second-order valence-corrected chi connectivity index (χ2v) is 18.2. The number of hydrogen-bond donors (Lipinski definition) is 0. The van der Waals surface area contributed by atoms with Gasteiger partial charge in [0.05, 0.1) is 75.1 Å². The normalized spacial score (nSPS) is 11.2. The summed E-state index contributed by atoms with van der Waals surface area (Å²) >= 11 is 0. The van der Waals surface area contributed by atoms with Crippen LogP contribution in [0.5, 0.6) is 28.7 Å². The lowest BCUT2D eigenvalue weighted by atomic mass is 10.0. The molecule has 8 aromatic rings. The van der Waals surface area contributed by atoms with Gasteiger partial charge >= 0.3 is 0 Å². The lowest BCUT2D eigenvalue weighted by Gasteiger charge is -2.12. The highest BCUT2D eigenvalue weighted by Gasteiger charge is 2.23. The minimum absolute atomic E-state index is 0.0627. The Labute approximate surface area is 460 Å². The van der Waals surface area contributed by atoms with Crippen molar-refractivity contribution in [3.05, 3.63) is 172 Å². The van der Waals surface area contributed by atoms with Gasteiger partial charge in [-0.2, -0.15) is 4.39 Å². The Morgan fingerprint density at radius 2 is 0.728 bits per heavy atom. The predicted molar refractivity (Wildman–Crippen MR) is 287 cm³/mol. The van der Waals surface area contributed by atoms with Crippen LogP contribution < -0.4 is 23.7 Å². The molecule has 0 N–H and O–H groups in total. The molecule has 436 valence electrons. The second kappa shape index (κ2) is 30.4. The molecule has 0 fully saturated rings. The second-order valence-electron chi connectivity index (χ2n) is 18.2. The third-order valence-electron chi connectivity index (χ3n) is 12.1. The lowest BCUT2D eigenvalue weighted by Crippen LogP contribution is -2.06. The van der Waals surface area contributed by atoms with Crippen LogP contribution in [0, 0.1) is 75.7 Å². The van der Waals surface area contributed by atoms with Gasteiger partial charge in [0.25, 0.3) is 0 Å². The number of halogens is 12. The monoisotopic (exact) mass is 1150 g/mol. The zero-order valence-electron chi connectivity index (χ0n) is 45.8. The maximum Gasteiger partial charge on any atom is 0.201 e. The van der Waals surface area contributed by atoms with Gasteiger partial charge in [-0.1, -0.05) is 51.1 Å². The van der Waals surface area contributed by atoms with Crippen molar-refractivity contribution in [2.24, 2.45) is 5.92 Å². The largest absolute Gasteiger partial charge is 0.494 e. The van der Waals surface area contributed by atoms with Gasteiger partial charge in [0.15, 0.2) is 92.7 Å². The van der Waals surface area contributed by atoms with Gasteiger partial charge < -0.3 is 37.9 Å². The molecule has 0 atom stereocenters. The zero-order chi connectivity index (χ0) is 59.7. The average Bonchev–Trinajstić information content (AvgIpc) is 3.49. The molecule has 0 saturated carbocycles. The Kier molecular flexibility index (Phi) is 24.2. The number of ether oxygens (including phenoxy) is 8. The first-order valence-corrected chi connectivity index (χ1v) is 25.2. The van der Waals surface area contributed by atoms with Crippen molar-refractivity contribution in [1.29, 1.82) is 0 Å². The van der Waals surface area contributed by atoms with Gasteiger partial charge in [-0.3, -0.25) is 0 Å². The number of hydrogen-bond acceptors (Lipinski definition) is 8. The van der Waals surface area contributed by atoms with Crippen LogP contribution in [0.2, 0.25) is 0 Å². The number of rotatable bonds is 19. The molecule has 20 heteroatoms. The highest BCUT2D eigenvalue weighted by atomic mass is 19.2. The fraction of sp³-hybridized carbons (Fsp3) is 0.311. The first-order valence-electron chi connectivity index (χ1n) is 25.2. The molecule has 0 saturated heterocycles. The van der Waals surface area contributed by atoms with Crippen LogP contribution >= 0.6 is 0 Å². The number of allylic oxidation sites excluding steroid dienone is 1. The average molecular weight is 1150 g/mol. The predicted octanol–water partition coefficient (Wildman–Crippen LogP) is 16.3. The summed E-state index contributed by atoms with van der Waals surface area (Å²) < 4.78 is 208. The van der Waals surface area contributed by atoms with Gasteiger partial charge in [0.2, 0.25) is 5.82 Å². The summed E-state index contributed by atoms with van der Waals surface area (Å²) in [5.41, 5.74) is 0.489. The van der Waals surface area contributed by atoms with Crippen LogP contribution in [-0.2, 0) is 33.5 Å². The summed E-state index contributed by atoms with van der Waals surface area (Å²) in [5.74, 6) is -13.3. The summed E-state index contributed by atoms with van der Waals surface area (Å²) in [6.07, 6.45) is 4.20. The SMILES string of the molecule is C/C=C/Oc1ccc2cc(CCOC)c(F)c(F)c2c1F.CCCOc1ccc2cc(CCOC)c(F)c(F)c2c1F.COCCc1cc2ccc(OC)c(F)c2c(F)c1F.COc1cc2ccc(OCC(C)C)c(F)c2c(F)c1F. The molecule has 0 aliphatic carbocycles. The Hall–Kier alpha value is -7.42. The van der Waals surface area contributed by atoms with Crippen molar-refractivity contribution in [1.82, 2.24) is 0 Å². The van der Waals surface area contributed by atoms with E-state index in [4.69, 9.17) is 37.9 Å². The van der Waals surface area contributed by atoms with Gasteiger partial charge in [-0.15, -0.1) is 0 Å². The van der Waals surface area contributed by atoms with E-state index in [1.54, 1.807) is 13.0 Å². The van der Waals surface area contributed by atoms with Gasteiger partial charge in [-0.05, 0) is 125 Å². The highest BCUT2D eigenvalue weighted by Crippen LogP contribution is 2.37. The molecule has 0 unspecified atom stereocenters. The van der Waals surface area contributed by atoms with Crippen molar-refractivity contribution in [2.45, 2.75) is 53.4 Å². The molecule has 0 aliphatic rings. The van der Waals surface area contributed by atoms with E-state index in [-0.39, 0.29) is 107 Å². The molecule has 0 heterocycles. The molecule has 0 aromatic heterocycles. The minimum Gasteiger partial charge on any atom is -0.494 e. The van der Waals surface area contributed by atoms with E-state index in [0.717, 1.165) is 0 Å². The molecule has 0 aliphatic heterocycles. The zero-order valence-corrected chi connectivity index (χ0v) is 45.8. The van der Waals surface area contributed by atoms with E-state index in [1.807, 2.05) is 20.8 Å². The Morgan fingerprint density at radius 3 is 1.10 bits per heavy atom. The first-order chi connectivity index (χ1) is 38.7. The quantitative estimate of drug-likeness (QED) is 0.0586.